The van der Waals surface area contributed by atoms with Crippen LogP contribution in [0.15, 0.2) is 24.3 Å². The molecule has 2 amide bonds. The fraction of sp³-hybridized carbons (Fsp3) is 0.444. The highest BCUT2D eigenvalue weighted by Gasteiger charge is 2.21. The second-order valence-corrected chi connectivity index (χ2v) is 7.23. The van der Waals surface area contributed by atoms with Gasteiger partial charge in [-0.2, -0.15) is 11.8 Å². The molecule has 0 saturated carbocycles. The average Bonchev–Trinajstić information content (AvgIpc) is 2.68. The highest BCUT2D eigenvalue weighted by atomic mass is 32.2. The van der Waals surface area contributed by atoms with Crippen molar-refractivity contribution in [2.45, 2.75) is 31.4 Å². The van der Waals surface area contributed by atoms with Gasteiger partial charge in [0.05, 0.1) is 12.7 Å². The normalized spacial score (nSPS) is 12.6. The summed E-state index contributed by atoms with van der Waals surface area (Å²) in [6.45, 7) is -0.327. The van der Waals surface area contributed by atoms with Crippen molar-refractivity contribution in [3.63, 3.8) is 0 Å². The second-order valence-electron chi connectivity index (χ2n) is 6.08. The molecule has 0 aliphatic rings. The quantitative estimate of drug-likeness (QED) is 0.239. The maximum atomic E-state index is 12.1. The molecule has 0 bridgehead atoms. The van der Waals surface area contributed by atoms with Gasteiger partial charge in [-0.1, -0.05) is 0 Å². The number of rotatable bonds is 13. The first-order valence-electron chi connectivity index (χ1n) is 8.75. The summed E-state index contributed by atoms with van der Waals surface area (Å²) < 4.78 is 0. The van der Waals surface area contributed by atoms with Crippen LogP contribution in [0.4, 0.5) is 5.69 Å². The van der Waals surface area contributed by atoms with Gasteiger partial charge in [0, 0.05) is 35.6 Å². The molecule has 0 aromatic heterocycles. The van der Waals surface area contributed by atoms with Gasteiger partial charge in [0.15, 0.2) is 0 Å². The van der Waals surface area contributed by atoms with Gasteiger partial charge in [-0.25, -0.2) is 4.79 Å². The topological polar surface area (TPSA) is 173 Å². The predicted molar refractivity (Wildman–Crippen MR) is 106 cm³/mol. The first-order chi connectivity index (χ1) is 13.7. The number of aliphatic hydroxyl groups is 2. The lowest BCUT2D eigenvalue weighted by Crippen LogP contribution is -2.41. The molecule has 0 fully saturated rings. The summed E-state index contributed by atoms with van der Waals surface area (Å²) in [5, 5.41) is 40.5. The van der Waals surface area contributed by atoms with Gasteiger partial charge < -0.3 is 31.1 Å². The van der Waals surface area contributed by atoms with E-state index in [9.17, 15) is 24.3 Å². The van der Waals surface area contributed by atoms with Crippen LogP contribution in [0.3, 0.4) is 0 Å². The number of carboxylic acids is 2. The van der Waals surface area contributed by atoms with E-state index in [2.05, 4.69) is 10.6 Å². The Kier molecular flexibility index (Phi) is 10.7. The molecule has 0 aliphatic carbocycles. The maximum Gasteiger partial charge on any atom is 0.326 e. The van der Waals surface area contributed by atoms with E-state index in [0.717, 1.165) is 0 Å². The van der Waals surface area contributed by atoms with Crippen molar-refractivity contribution in [3.8, 4) is 0 Å². The van der Waals surface area contributed by atoms with Crippen LogP contribution in [0.2, 0.25) is 0 Å². The molecule has 2 atom stereocenters. The fourth-order valence-corrected chi connectivity index (χ4v) is 3.01. The second kappa shape index (κ2) is 12.8. The van der Waals surface area contributed by atoms with Crippen molar-refractivity contribution in [1.82, 2.24) is 5.32 Å². The molecule has 10 nitrogen and oxygen atoms in total. The molecule has 29 heavy (non-hydrogen) atoms. The van der Waals surface area contributed by atoms with E-state index in [1.807, 2.05) is 0 Å². The molecular formula is C18H24N2O8S. The molecule has 1 aromatic carbocycles. The number of carbonyl (C=O) groups excluding carboxylic acids is 2. The van der Waals surface area contributed by atoms with Crippen LogP contribution in [0, 0.1) is 0 Å². The van der Waals surface area contributed by atoms with E-state index < -0.39 is 30.0 Å². The van der Waals surface area contributed by atoms with Crippen molar-refractivity contribution in [1.29, 1.82) is 0 Å². The van der Waals surface area contributed by atoms with Gasteiger partial charge in [-0.05, 0) is 30.7 Å². The number of hydrogen-bond donors (Lipinski definition) is 6. The van der Waals surface area contributed by atoms with E-state index >= 15 is 0 Å². The number of nitrogens with one attached hydrogen (secondary N) is 2. The van der Waals surface area contributed by atoms with Crippen molar-refractivity contribution in [2.24, 2.45) is 0 Å². The summed E-state index contributed by atoms with van der Waals surface area (Å²) in [5.41, 5.74) is 0.616. The molecule has 6 N–H and O–H groups in total. The lowest BCUT2D eigenvalue weighted by Gasteiger charge is -2.14. The van der Waals surface area contributed by atoms with E-state index in [0.29, 0.717) is 17.2 Å². The maximum absolute atomic E-state index is 12.1. The van der Waals surface area contributed by atoms with Crippen molar-refractivity contribution < 1.29 is 39.6 Å². The van der Waals surface area contributed by atoms with Gasteiger partial charge in [-0.3, -0.25) is 14.4 Å². The third-order valence-corrected chi connectivity index (χ3v) is 4.79. The molecule has 0 saturated heterocycles. The fourth-order valence-electron chi connectivity index (χ4n) is 2.13. The minimum Gasteiger partial charge on any atom is -0.481 e. The monoisotopic (exact) mass is 428 g/mol. The third-order valence-electron chi connectivity index (χ3n) is 3.68. The van der Waals surface area contributed by atoms with Crippen molar-refractivity contribution >= 4 is 41.2 Å². The average molecular weight is 428 g/mol. The molecule has 0 heterocycles. The van der Waals surface area contributed by atoms with Gasteiger partial charge in [0.2, 0.25) is 5.91 Å². The Hall–Kier alpha value is -2.63. The Morgan fingerprint density at radius 3 is 2.24 bits per heavy atom. The van der Waals surface area contributed by atoms with Crippen molar-refractivity contribution in [3.05, 3.63) is 29.8 Å². The number of hydrogen-bond acceptors (Lipinski definition) is 7. The summed E-state index contributed by atoms with van der Waals surface area (Å²) in [6, 6.07) is 4.48. The van der Waals surface area contributed by atoms with Gasteiger partial charge in [0.1, 0.15) is 6.04 Å². The van der Waals surface area contributed by atoms with E-state index in [-0.39, 0.29) is 37.3 Å². The Morgan fingerprint density at radius 2 is 1.69 bits per heavy atom. The zero-order valence-electron chi connectivity index (χ0n) is 15.5. The standard InChI is InChI=1S/C18H24N2O8S/c21-9-13(22)10-29-8-7-15(23)19-12-3-1-11(2-4-12)17(26)20-14(18(27)28)5-6-16(24)25/h1-4,13-14,21-22H,5-10H2,(H,19,23)(H,20,26)(H,24,25)(H,27,28). The molecule has 1 rings (SSSR count). The summed E-state index contributed by atoms with van der Waals surface area (Å²) in [4.78, 5) is 45.7. The zero-order chi connectivity index (χ0) is 21.8. The number of amides is 2. The van der Waals surface area contributed by atoms with Crippen LogP contribution in [0.25, 0.3) is 0 Å². The summed E-state index contributed by atoms with van der Waals surface area (Å²) in [5.74, 6) is -2.61. The molecule has 160 valence electrons. The van der Waals surface area contributed by atoms with Crippen LogP contribution >= 0.6 is 11.8 Å². The predicted octanol–water partition coefficient (Wildman–Crippen LogP) is 0.149. The first kappa shape index (κ1) is 24.4. The molecule has 0 aliphatic heterocycles. The number of anilines is 1. The number of aliphatic hydroxyl groups excluding tert-OH is 2. The third kappa shape index (κ3) is 9.92. The minimum absolute atomic E-state index is 0.165. The van der Waals surface area contributed by atoms with E-state index in [4.69, 9.17) is 15.3 Å². The zero-order valence-corrected chi connectivity index (χ0v) is 16.4. The highest BCUT2D eigenvalue weighted by Crippen LogP contribution is 2.12. The molecule has 0 spiro atoms. The Bertz CT molecular complexity index is 710. The summed E-state index contributed by atoms with van der Waals surface area (Å²) in [7, 11) is 0. The minimum atomic E-state index is -1.33. The SMILES string of the molecule is O=C(O)CCC(NC(=O)c1ccc(NC(=O)CCSCC(O)CO)cc1)C(=O)O. The Morgan fingerprint density at radius 1 is 1.03 bits per heavy atom. The molecular weight excluding hydrogens is 404 g/mol. The largest absolute Gasteiger partial charge is 0.481 e. The number of carbonyl (C=O) groups is 4. The van der Waals surface area contributed by atoms with E-state index in [1.165, 1.54) is 36.0 Å². The Balaban J connectivity index is 2.50. The number of aliphatic carboxylic acids is 2. The molecule has 11 heteroatoms. The highest BCUT2D eigenvalue weighted by molar-refractivity contribution is 7.99. The molecule has 2 unspecified atom stereocenters. The van der Waals surface area contributed by atoms with Crippen LogP contribution in [0.1, 0.15) is 29.6 Å². The van der Waals surface area contributed by atoms with Gasteiger partial charge in [0.25, 0.3) is 5.91 Å². The van der Waals surface area contributed by atoms with E-state index in [1.54, 1.807) is 0 Å². The lowest BCUT2D eigenvalue weighted by molar-refractivity contribution is -0.140. The van der Waals surface area contributed by atoms with Gasteiger partial charge in [-0.15, -0.1) is 0 Å². The van der Waals surface area contributed by atoms with Crippen molar-refractivity contribution in [2.75, 3.05) is 23.4 Å². The number of benzene rings is 1. The number of carboxylic acid groups (broad SMARTS) is 2. The van der Waals surface area contributed by atoms with Crippen LogP contribution in [-0.2, 0) is 14.4 Å². The van der Waals surface area contributed by atoms with Gasteiger partial charge >= 0.3 is 11.9 Å². The summed E-state index contributed by atoms with van der Waals surface area (Å²) in [6.07, 6.45) is -1.24. The first-order valence-corrected chi connectivity index (χ1v) is 9.90. The number of thioether (sulfide) groups is 1. The smallest absolute Gasteiger partial charge is 0.326 e. The molecule has 1 aromatic rings. The Labute approximate surface area is 171 Å². The van der Waals surface area contributed by atoms with Crippen LogP contribution in [0.5, 0.6) is 0 Å². The van der Waals surface area contributed by atoms with Crippen LogP contribution in [-0.4, -0.2) is 74.4 Å². The lowest BCUT2D eigenvalue weighted by atomic mass is 10.1. The van der Waals surface area contributed by atoms with Crippen LogP contribution < -0.4 is 10.6 Å². The molecule has 0 radical (unpaired) electrons. The summed E-state index contributed by atoms with van der Waals surface area (Å²) >= 11 is 1.34.